The third-order valence-corrected chi connectivity index (χ3v) is 11.2. The summed E-state index contributed by atoms with van der Waals surface area (Å²) in [6, 6.07) is 8.94. The molecule has 3 saturated heterocycles. The maximum atomic E-state index is 13.6. The van der Waals surface area contributed by atoms with Crippen molar-refractivity contribution >= 4 is 23.0 Å². The van der Waals surface area contributed by atoms with E-state index in [1.165, 1.54) is 24.3 Å². The fraction of sp³-hybridized carbons (Fsp3) is 0.429. The van der Waals surface area contributed by atoms with Gasteiger partial charge in [-0.3, -0.25) is 4.79 Å². The topological polar surface area (TPSA) is 406 Å². The molecule has 66 heavy (non-hydrogen) atoms. The lowest BCUT2D eigenvalue weighted by molar-refractivity contribution is -0.277. The highest BCUT2D eigenvalue weighted by Crippen LogP contribution is 2.46. The van der Waals surface area contributed by atoms with Gasteiger partial charge in [-0.1, -0.05) is 6.07 Å². The Labute approximate surface area is 370 Å². The molecule has 3 aliphatic heterocycles. The van der Waals surface area contributed by atoms with E-state index in [1.807, 2.05) is 0 Å². The first kappa shape index (κ1) is 48.3. The van der Waals surface area contributed by atoms with Crippen LogP contribution in [0, 0.1) is 0 Å². The molecule has 0 unspecified atom stereocenters. The minimum atomic E-state index is -2.03. The van der Waals surface area contributed by atoms with Gasteiger partial charge in [0, 0.05) is 23.8 Å². The largest absolute Gasteiger partial charge is 0.507 e. The first-order valence-corrected chi connectivity index (χ1v) is 20.0. The van der Waals surface area contributed by atoms with Gasteiger partial charge in [-0.05, 0) is 42.0 Å². The number of esters is 1. The van der Waals surface area contributed by atoms with Gasteiger partial charge in [0.25, 0.3) is 0 Å². The second-order valence-corrected chi connectivity index (χ2v) is 15.5. The molecule has 15 atom stereocenters. The van der Waals surface area contributed by atoms with Crippen molar-refractivity contribution in [2.75, 3.05) is 19.8 Å². The third kappa shape index (κ3) is 9.33. The van der Waals surface area contributed by atoms with Crippen molar-refractivity contribution in [2.24, 2.45) is 0 Å². The van der Waals surface area contributed by atoms with Crippen LogP contribution < -0.4 is 14.9 Å². The summed E-state index contributed by atoms with van der Waals surface area (Å²) in [7, 11) is 0. The monoisotopic (exact) mass is 934 g/mol. The summed E-state index contributed by atoms with van der Waals surface area (Å²) in [5.41, 5.74) is -1.78. The number of carbonyl (C=O) groups is 1. The van der Waals surface area contributed by atoms with Gasteiger partial charge in [0.15, 0.2) is 34.5 Å². The molecule has 0 radical (unpaired) electrons. The Hall–Kier alpha value is -5.68. The van der Waals surface area contributed by atoms with Crippen molar-refractivity contribution in [3.63, 3.8) is 0 Å². The first-order chi connectivity index (χ1) is 31.4. The van der Waals surface area contributed by atoms with Crippen molar-refractivity contribution in [3.05, 3.63) is 76.0 Å². The van der Waals surface area contributed by atoms with Crippen LogP contribution in [0.1, 0.15) is 17.2 Å². The Kier molecular flexibility index (Phi) is 14.4. The molecule has 0 spiro atoms. The van der Waals surface area contributed by atoms with E-state index >= 15 is 0 Å². The number of carbonyl (C=O) groups excluding carboxylic acids is 1. The lowest BCUT2D eigenvalue weighted by Gasteiger charge is -2.42. The summed E-state index contributed by atoms with van der Waals surface area (Å²) in [4.78, 5) is 26.8. The zero-order chi connectivity index (χ0) is 47.9. The minimum absolute atomic E-state index is 0.0434. The number of hydrogen-bond donors (Lipinski definition) is 15. The molecule has 0 amide bonds. The Balaban J connectivity index is 1.10. The molecule has 4 heterocycles. The minimum Gasteiger partial charge on any atom is -0.507 e. The number of phenols is 4. The predicted molar refractivity (Wildman–Crippen MR) is 215 cm³/mol. The van der Waals surface area contributed by atoms with Gasteiger partial charge in [-0.15, -0.1) is 0 Å². The zero-order valence-corrected chi connectivity index (χ0v) is 33.9. The van der Waals surface area contributed by atoms with Gasteiger partial charge >= 0.3 is 5.97 Å². The van der Waals surface area contributed by atoms with E-state index in [1.54, 1.807) is 0 Å². The van der Waals surface area contributed by atoms with Gasteiger partial charge < -0.3 is 109 Å². The molecule has 0 aliphatic carbocycles. The number of benzene rings is 3. The second-order valence-electron chi connectivity index (χ2n) is 15.5. The van der Waals surface area contributed by atoms with Crippen LogP contribution in [0.15, 0.2) is 63.8 Å². The Morgan fingerprint density at radius 3 is 1.68 bits per heavy atom. The Morgan fingerprint density at radius 1 is 0.606 bits per heavy atom. The normalized spacial score (nSPS) is 32.6. The van der Waals surface area contributed by atoms with Crippen molar-refractivity contribution in [2.45, 2.75) is 91.9 Å². The summed E-state index contributed by atoms with van der Waals surface area (Å²) in [6.07, 6.45) is -23.6. The molecule has 24 heteroatoms. The lowest BCUT2D eigenvalue weighted by atomic mass is 9.89. The number of hydrogen-bond acceptors (Lipinski definition) is 24. The van der Waals surface area contributed by atoms with Gasteiger partial charge in [0.2, 0.25) is 12.6 Å². The molecule has 3 fully saturated rings. The molecule has 3 aliphatic rings. The van der Waals surface area contributed by atoms with Gasteiger partial charge in [-0.25, -0.2) is 4.79 Å². The smallest absolute Gasteiger partial charge is 0.331 e. The average Bonchev–Trinajstić information content (AvgIpc) is 3.29. The molecule has 0 bridgehead atoms. The average molecular weight is 935 g/mol. The fourth-order valence-electron chi connectivity index (χ4n) is 7.61. The highest BCUT2D eigenvalue weighted by Gasteiger charge is 2.50. The lowest BCUT2D eigenvalue weighted by Crippen LogP contribution is -2.60. The maximum absolute atomic E-state index is 13.6. The van der Waals surface area contributed by atoms with Crippen LogP contribution in [0.4, 0.5) is 0 Å². The molecular formula is C42H46O24. The van der Waals surface area contributed by atoms with E-state index in [0.29, 0.717) is 0 Å². The molecule has 3 aromatic carbocycles. The van der Waals surface area contributed by atoms with Gasteiger partial charge in [-0.2, -0.15) is 0 Å². The van der Waals surface area contributed by atoms with Crippen LogP contribution >= 0.6 is 0 Å². The number of ether oxygens (including phenoxy) is 6. The van der Waals surface area contributed by atoms with Gasteiger partial charge in [0.05, 0.1) is 25.4 Å². The van der Waals surface area contributed by atoms with Crippen LogP contribution in [0.5, 0.6) is 34.5 Å². The van der Waals surface area contributed by atoms with Crippen LogP contribution in [-0.4, -0.2) is 188 Å². The summed E-state index contributed by atoms with van der Waals surface area (Å²) < 4.78 is 38.4. The fourth-order valence-corrected chi connectivity index (χ4v) is 7.61. The number of rotatable bonds is 12. The van der Waals surface area contributed by atoms with Crippen LogP contribution in [-0.2, 0) is 23.7 Å². The predicted octanol–water partition coefficient (Wildman–Crippen LogP) is -3.58. The Bertz CT molecular complexity index is 2470. The van der Waals surface area contributed by atoms with Crippen molar-refractivity contribution in [1.29, 1.82) is 0 Å². The molecule has 15 N–H and O–H groups in total. The van der Waals surface area contributed by atoms with Crippen LogP contribution in [0.3, 0.4) is 0 Å². The SMILES string of the molecule is O=C(/C=C/c1ccc(O[C@@H]2O[C@H](CO)[C@@H](O)[C@@H](O)[C@@H]2O)c(O)c1)O[C@@H]1[C@@H](O)[C@H](O)[C@H](CO)O[C@H]1c1c(O)cc2oc(-c3ccc(O[C@@H]4O[C@H](CO)[C@@H](O)[C@H](O)[C@H]4O)c(O)c3)cc(=O)c2c1O. The Morgan fingerprint density at radius 2 is 1.14 bits per heavy atom. The zero-order valence-electron chi connectivity index (χ0n) is 33.9. The molecular weight excluding hydrogens is 888 g/mol. The molecule has 7 rings (SSSR count). The van der Waals surface area contributed by atoms with Crippen LogP contribution in [0.25, 0.3) is 28.4 Å². The molecule has 1 aromatic heterocycles. The summed E-state index contributed by atoms with van der Waals surface area (Å²) in [5, 5.41) is 155. The highest BCUT2D eigenvalue weighted by molar-refractivity contribution is 5.89. The number of aromatic hydroxyl groups is 4. The number of aliphatic hydroxyl groups is 11. The van der Waals surface area contributed by atoms with Crippen molar-refractivity contribution < 1.29 is 114 Å². The number of phenolic OH excluding ortho intramolecular Hbond substituents is 4. The molecule has 0 saturated carbocycles. The van der Waals surface area contributed by atoms with E-state index in [0.717, 1.165) is 36.4 Å². The van der Waals surface area contributed by atoms with E-state index in [9.17, 15) is 86.2 Å². The van der Waals surface area contributed by atoms with Gasteiger partial charge in [0.1, 0.15) is 101 Å². The number of fused-ring (bicyclic) bond motifs is 1. The first-order valence-electron chi connectivity index (χ1n) is 20.0. The molecule has 358 valence electrons. The van der Waals surface area contributed by atoms with Crippen molar-refractivity contribution in [3.8, 4) is 45.8 Å². The molecule has 24 nitrogen and oxygen atoms in total. The van der Waals surface area contributed by atoms with E-state index < -0.39 is 163 Å². The van der Waals surface area contributed by atoms with E-state index in [4.69, 9.17) is 32.8 Å². The quantitative estimate of drug-likeness (QED) is 0.0482. The van der Waals surface area contributed by atoms with Crippen molar-refractivity contribution in [1.82, 2.24) is 0 Å². The number of aliphatic hydroxyl groups excluding tert-OH is 11. The summed E-state index contributed by atoms with van der Waals surface area (Å²) >= 11 is 0. The maximum Gasteiger partial charge on any atom is 0.331 e. The van der Waals surface area contributed by atoms with E-state index in [2.05, 4.69) is 0 Å². The third-order valence-electron chi connectivity index (χ3n) is 11.2. The highest BCUT2D eigenvalue weighted by atomic mass is 16.7. The summed E-state index contributed by atoms with van der Waals surface area (Å²) in [6.45, 7) is -2.37. The molecule has 4 aromatic rings. The van der Waals surface area contributed by atoms with E-state index in [-0.39, 0.29) is 28.4 Å². The van der Waals surface area contributed by atoms with Crippen LogP contribution in [0.2, 0.25) is 0 Å². The summed E-state index contributed by atoms with van der Waals surface area (Å²) in [5.74, 6) is -4.94. The second kappa shape index (κ2) is 19.7. The standard InChI is InChI=1S/C42H46O24/c43-11-24-32(53)36(57)40(66-27(50)6-2-14-1-4-20(16(46)7-14)62-41-37(58)34(55)30(51)25(12-44)64-41)39(61-24)29-19(49)10-23-28(33(29)54)18(48)9-22(60-23)15-3-5-21(17(47)8-15)63-42-38(59)35(56)31(52)26(13-45)65-42/h1-10,24-26,30-32,34-47,49,51-59H,11-13H2/b6-2+/t24-,25+,26+,30+,31+,32+,34+,35-,36-,37-,38+,39-,40+,41+,42+/m0/s1.